The zero-order valence-corrected chi connectivity index (χ0v) is 13.4. The highest BCUT2D eigenvalue weighted by atomic mass is 127. The average molecular weight is 389 g/mol. The van der Waals surface area contributed by atoms with Gasteiger partial charge in [-0.15, -0.1) is 0 Å². The van der Waals surface area contributed by atoms with Gasteiger partial charge in [-0.1, -0.05) is 17.7 Å². The number of benzene rings is 1. The van der Waals surface area contributed by atoms with Gasteiger partial charge in [0, 0.05) is 15.8 Å². The normalized spacial score (nSPS) is 11.3. The van der Waals surface area contributed by atoms with Gasteiger partial charge in [-0.25, -0.2) is 4.98 Å². The number of rotatable bonds is 3. The molecule has 0 saturated heterocycles. The van der Waals surface area contributed by atoms with Crippen LogP contribution in [-0.2, 0) is 10.1 Å². The predicted octanol–water partition coefficient (Wildman–Crippen LogP) is 3.07. The highest BCUT2D eigenvalue weighted by Gasteiger charge is 2.17. The van der Waals surface area contributed by atoms with Gasteiger partial charge in [-0.3, -0.25) is 0 Å². The van der Waals surface area contributed by atoms with Crippen LogP contribution in [0.5, 0.6) is 5.88 Å². The first-order valence-electron chi connectivity index (χ1n) is 5.52. The maximum Gasteiger partial charge on any atom is 0.340 e. The molecule has 0 unspecified atom stereocenters. The molecule has 19 heavy (non-hydrogen) atoms. The molecule has 1 aromatic carbocycles. The minimum absolute atomic E-state index is 0.0819. The van der Waals surface area contributed by atoms with Crippen molar-refractivity contribution in [2.75, 3.05) is 0 Å². The van der Waals surface area contributed by atoms with Crippen LogP contribution in [0.4, 0.5) is 0 Å². The van der Waals surface area contributed by atoms with Crippen molar-refractivity contribution in [1.29, 1.82) is 0 Å². The largest absolute Gasteiger partial charge is 0.358 e. The Balaban J connectivity index is 2.30. The van der Waals surface area contributed by atoms with E-state index < -0.39 is 10.1 Å². The molecule has 2 rings (SSSR count). The van der Waals surface area contributed by atoms with E-state index in [1.165, 1.54) is 12.1 Å². The number of aryl methyl sites for hydroxylation is 2. The quantitative estimate of drug-likeness (QED) is 0.598. The van der Waals surface area contributed by atoms with E-state index in [1.807, 2.05) is 13.8 Å². The van der Waals surface area contributed by atoms with Crippen molar-refractivity contribution in [2.45, 2.75) is 18.7 Å². The highest BCUT2D eigenvalue weighted by molar-refractivity contribution is 14.1. The third-order valence-electron chi connectivity index (χ3n) is 2.53. The molecule has 0 fully saturated rings. The van der Waals surface area contributed by atoms with Crippen molar-refractivity contribution < 1.29 is 12.6 Å². The van der Waals surface area contributed by atoms with Crippen molar-refractivity contribution in [1.82, 2.24) is 4.98 Å². The second-order valence-electron chi connectivity index (χ2n) is 4.12. The lowest BCUT2D eigenvalue weighted by atomic mass is 10.2. The second-order valence-corrected chi connectivity index (χ2v) is 6.83. The molecule has 0 saturated carbocycles. The molecule has 4 nitrogen and oxygen atoms in total. The Bertz CT molecular complexity index is 696. The minimum Gasteiger partial charge on any atom is -0.358 e. The number of hydrogen-bond donors (Lipinski definition) is 0. The first-order chi connectivity index (χ1) is 8.88. The zero-order valence-electron chi connectivity index (χ0n) is 10.4. The van der Waals surface area contributed by atoms with Crippen LogP contribution in [0.3, 0.4) is 0 Å². The van der Waals surface area contributed by atoms with E-state index in [1.54, 1.807) is 24.4 Å². The summed E-state index contributed by atoms with van der Waals surface area (Å²) in [6.45, 7) is 3.76. The summed E-state index contributed by atoms with van der Waals surface area (Å²) in [7, 11) is -3.82. The standard InChI is InChI=1S/C13H12INO3S/c1-9-3-5-11(6-4-9)19(16,17)18-13-7-10(2)12(14)8-15-13/h3-8H,1-2H3. The number of nitrogens with zero attached hydrogens (tertiary/aromatic N) is 1. The SMILES string of the molecule is Cc1ccc(S(=O)(=O)Oc2cc(C)c(I)cn2)cc1. The summed E-state index contributed by atoms with van der Waals surface area (Å²) >= 11 is 2.13. The molecule has 0 bridgehead atoms. The van der Waals surface area contributed by atoms with Crippen LogP contribution < -0.4 is 4.18 Å². The molecule has 6 heteroatoms. The van der Waals surface area contributed by atoms with Crippen LogP contribution >= 0.6 is 22.6 Å². The van der Waals surface area contributed by atoms with Crippen LogP contribution in [0.15, 0.2) is 41.4 Å². The Morgan fingerprint density at radius 2 is 1.79 bits per heavy atom. The molecule has 1 aromatic heterocycles. The molecule has 0 N–H and O–H groups in total. The molecule has 0 aliphatic rings. The summed E-state index contributed by atoms with van der Waals surface area (Å²) in [6.07, 6.45) is 1.58. The van der Waals surface area contributed by atoms with Crippen molar-refractivity contribution in [3.05, 3.63) is 51.2 Å². The summed E-state index contributed by atoms with van der Waals surface area (Å²) < 4.78 is 30.1. The fourth-order valence-corrected chi connectivity index (χ4v) is 2.60. The summed E-state index contributed by atoms with van der Waals surface area (Å²) in [6, 6.07) is 8.09. The molecule has 2 aromatic rings. The molecule has 0 radical (unpaired) electrons. The van der Waals surface area contributed by atoms with Crippen LogP contribution in [0.25, 0.3) is 0 Å². The van der Waals surface area contributed by atoms with Gasteiger partial charge >= 0.3 is 10.1 Å². The van der Waals surface area contributed by atoms with Gasteiger partial charge < -0.3 is 4.18 Å². The Morgan fingerprint density at radius 1 is 1.16 bits per heavy atom. The molecule has 0 spiro atoms. The molecule has 0 atom stereocenters. The van der Waals surface area contributed by atoms with Gasteiger partial charge in [0.05, 0.1) is 0 Å². The van der Waals surface area contributed by atoms with Crippen molar-refractivity contribution in [3.8, 4) is 5.88 Å². The van der Waals surface area contributed by atoms with Gasteiger partial charge in [0.1, 0.15) is 4.90 Å². The third-order valence-corrected chi connectivity index (χ3v) is 4.90. The number of aromatic nitrogens is 1. The van der Waals surface area contributed by atoms with Gasteiger partial charge in [-0.05, 0) is 54.1 Å². The molecule has 100 valence electrons. The summed E-state index contributed by atoms with van der Waals surface area (Å²) in [5, 5.41) is 0. The van der Waals surface area contributed by atoms with Gasteiger partial charge in [0.2, 0.25) is 5.88 Å². The highest BCUT2D eigenvalue weighted by Crippen LogP contribution is 2.20. The Kier molecular flexibility index (Phi) is 4.10. The Hall–Kier alpha value is -1.15. The van der Waals surface area contributed by atoms with Crippen LogP contribution in [0, 0.1) is 17.4 Å². The maximum absolute atomic E-state index is 12.0. The zero-order chi connectivity index (χ0) is 14.0. The van der Waals surface area contributed by atoms with Crippen molar-refractivity contribution in [2.24, 2.45) is 0 Å². The molecule has 0 aliphatic heterocycles. The number of hydrogen-bond acceptors (Lipinski definition) is 4. The first kappa shape index (κ1) is 14.3. The van der Waals surface area contributed by atoms with Crippen molar-refractivity contribution >= 4 is 32.7 Å². The summed E-state index contributed by atoms with van der Waals surface area (Å²) in [5.74, 6) is 0.0819. The Morgan fingerprint density at radius 3 is 2.37 bits per heavy atom. The van der Waals surface area contributed by atoms with Crippen LogP contribution in [0.2, 0.25) is 0 Å². The van der Waals surface area contributed by atoms with E-state index in [0.717, 1.165) is 14.7 Å². The lowest BCUT2D eigenvalue weighted by Crippen LogP contribution is -2.10. The van der Waals surface area contributed by atoms with E-state index in [-0.39, 0.29) is 10.8 Å². The van der Waals surface area contributed by atoms with Gasteiger partial charge in [-0.2, -0.15) is 8.42 Å². The third kappa shape index (κ3) is 3.44. The average Bonchev–Trinajstić information content (AvgIpc) is 2.34. The smallest absolute Gasteiger partial charge is 0.340 e. The fourth-order valence-electron chi connectivity index (χ4n) is 1.42. The molecule has 1 heterocycles. The van der Waals surface area contributed by atoms with Gasteiger partial charge in [0.15, 0.2) is 0 Å². The maximum atomic E-state index is 12.0. The van der Waals surface area contributed by atoms with E-state index in [0.29, 0.717) is 0 Å². The molecular weight excluding hydrogens is 377 g/mol. The molecular formula is C13H12INO3S. The summed E-state index contributed by atoms with van der Waals surface area (Å²) in [5.41, 5.74) is 1.91. The number of pyridine rings is 1. The van der Waals surface area contributed by atoms with E-state index >= 15 is 0 Å². The van der Waals surface area contributed by atoms with Crippen LogP contribution in [0.1, 0.15) is 11.1 Å². The lowest BCUT2D eigenvalue weighted by Gasteiger charge is -2.07. The first-order valence-corrected chi connectivity index (χ1v) is 8.00. The van der Waals surface area contributed by atoms with E-state index in [2.05, 4.69) is 27.6 Å². The Labute approximate surface area is 126 Å². The van der Waals surface area contributed by atoms with E-state index in [4.69, 9.17) is 4.18 Å². The lowest BCUT2D eigenvalue weighted by molar-refractivity contribution is 0.475. The van der Waals surface area contributed by atoms with Gasteiger partial charge in [0.25, 0.3) is 0 Å². The van der Waals surface area contributed by atoms with Crippen LogP contribution in [-0.4, -0.2) is 13.4 Å². The predicted molar refractivity (Wildman–Crippen MR) is 80.7 cm³/mol. The van der Waals surface area contributed by atoms with E-state index in [9.17, 15) is 8.42 Å². The second kappa shape index (κ2) is 5.46. The molecule has 0 amide bonds. The van der Waals surface area contributed by atoms with Crippen molar-refractivity contribution in [3.63, 3.8) is 0 Å². The molecule has 0 aliphatic carbocycles. The minimum atomic E-state index is -3.82. The monoisotopic (exact) mass is 389 g/mol. The fraction of sp³-hybridized carbons (Fsp3) is 0.154. The number of halogens is 1. The summed E-state index contributed by atoms with van der Waals surface area (Å²) in [4.78, 5) is 4.08. The topological polar surface area (TPSA) is 56.3 Å².